The molecule has 3 aromatic rings. The molecule has 1 amide bonds. The number of rotatable bonds is 9. The van der Waals surface area contributed by atoms with Crippen molar-refractivity contribution in [1.82, 2.24) is 19.5 Å². The van der Waals surface area contributed by atoms with Crippen molar-refractivity contribution >= 4 is 17.4 Å². The molecule has 0 saturated heterocycles. The van der Waals surface area contributed by atoms with Crippen LogP contribution in [0.15, 0.2) is 29.8 Å². The standard InChI is InChI=1S/C40H53N7O2/c1-25(2)20-28-21-26(3)22-33(40(8,9)10)31(28)24-32-34(43-13)37(49-38(48)46(18-16-41-11)19-17-42-12)47-36(32)44-35(45-47)30-23-29(39(5,6)7)15-14-27(30)4/h14-15,20,23,26,28,31,33H,16-19,21-22,24H2,1-10H3,(H,44,45). The van der Waals surface area contributed by atoms with E-state index < -0.39 is 6.09 Å². The first-order valence-electron chi connectivity index (χ1n) is 17.4. The van der Waals surface area contributed by atoms with Crippen LogP contribution in [0.3, 0.4) is 0 Å². The van der Waals surface area contributed by atoms with Crippen LogP contribution >= 0.6 is 0 Å². The molecule has 4 unspecified atom stereocenters. The van der Waals surface area contributed by atoms with Gasteiger partial charge >= 0.3 is 6.09 Å². The third-order valence-electron chi connectivity index (χ3n) is 9.98. The van der Waals surface area contributed by atoms with Crippen molar-refractivity contribution in [2.24, 2.45) is 29.1 Å². The number of carbonyl (C=O) groups is 1. The Morgan fingerprint density at radius 1 is 1.08 bits per heavy atom. The van der Waals surface area contributed by atoms with Gasteiger partial charge in [0.1, 0.15) is 5.65 Å². The molecule has 0 radical (unpaired) electrons. The van der Waals surface area contributed by atoms with Crippen LogP contribution in [0.1, 0.15) is 91.8 Å². The Morgan fingerprint density at radius 2 is 1.73 bits per heavy atom. The minimum atomic E-state index is -0.688. The van der Waals surface area contributed by atoms with E-state index >= 15 is 0 Å². The number of carbonyl (C=O) groups excluding carboxylic acids is 1. The number of aromatic amines is 1. The van der Waals surface area contributed by atoms with Crippen LogP contribution in [0, 0.1) is 55.7 Å². The lowest BCUT2D eigenvalue weighted by Crippen LogP contribution is -2.39. The second kappa shape index (κ2) is 14.9. The van der Waals surface area contributed by atoms with E-state index in [1.807, 2.05) is 0 Å². The lowest BCUT2D eigenvalue weighted by Gasteiger charge is -2.46. The van der Waals surface area contributed by atoms with Gasteiger partial charge in [0.25, 0.3) is 5.69 Å². The van der Waals surface area contributed by atoms with E-state index in [2.05, 4.69) is 113 Å². The third-order valence-corrected chi connectivity index (χ3v) is 9.98. The number of nitrogens with one attached hydrogen (secondary N) is 1. The van der Waals surface area contributed by atoms with Gasteiger partial charge in [0.15, 0.2) is 5.82 Å². The molecule has 1 aromatic carbocycles. The number of H-pyrrole nitrogens is 1. The Hall–Kier alpha value is -4.55. The fraction of sp³-hybridized carbons (Fsp3) is 0.575. The van der Waals surface area contributed by atoms with Gasteiger partial charge in [-0.15, -0.1) is 0 Å². The number of hydrogen-bond donors (Lipinski definition) is 1. The Kier molecular flexibility index (Phi) is 11.3. The van der Waals surface area contributed by atoms with Crippen LogP contribution in [-0.2, 0) is 11.8 Å². The maximum absolute atomic E-state index is 13.7. The zero-order chi connectivity index (χ0) is 36.3. The normalized spacial score (nSPS) is 19.5. The molecular weight excluding hydrogens is 610 g/mol. The number of aromatic nitrogens is 3. The third kappa shape index (κ3) is 8.37. The lowest BCUT2D eigenvalue weighted by molar-refractivity contribution is 0.0521. The molecule has 4 atom stereocenters. The first-order valence-corrected chi connectivity index (χ1v) is 17.4. The Balaban J connectivity index is 1.95. The van der Waals surface area contributed by atoms with Crippen LogP contribution in [0.2, 0.25) is 0 Å². The summed E-state index contributed by atoms with van der Waals surface area (Å²) in [6.45, 7) is 45.5. The molecule has 2 aromatic heterocycles. The van der Waals surface area contributed by atoms with Gasteiger partial charge in [-0.3, -0.25) is 10.00 Å². The molecule has 1 saturated carbocycles. The predicted octanol–water partition coefficient (Wildman–Crippen LogP) is 9.96. The monoisotopic (exact) mass is 663 g/mol. The van der Waals surface area contributed by atoms with Crippen LogP contribution in [0.5, 0.6) is 5.88 Å². The average Bonchev–Trinajstić information content (AvgIpc) is 3.54. The fourth-order valence-electron chi connectivity index (χ4n) is 7.46. The van der Waals surface area contributed by atoms with E-state index in [1.54, 1.807) is 4.52 Å². The number of amides is 1. The molecule has 2 heterocycles. The van der Waals surface area contributed by atoms with Gasteiger partial charge in [-0.05, 0) is 91.7 Å². The lowest BCUT2D eigenvalue weighted by atomic mass is 9.58. The maximum atomic E-state index is 13.7. The van der Waals surface area contributed by atoms with Gasteiger partial charge in [0.2, 0.25) is 19.0 Å². The molecular formula is C40H53N7O2. The van der Waals surface area contributed by atoms with Gasteiger partial charge < -0.3 is 14.4 Å². The summed E-state index contributed by atoms with van der Waals surface area (Å²) in [7, 11) is 0. The van der Waals surface area contributed by atoms with Gasteiger partial charge in [-0.1, -0.05) is 72.2 Å². The number of allylic oxidation sites excluding steroid dienone is 2. The number of aryl methyl sites for hydroxylation is 1. The second-order valence-corrected chi connectivity index (χ2v) is 16.2. The summed E-state index contributed by atoms with van der Waals surface area (Å²) >= 11 is 0. The minimum Gasteiger partial charge on any atom is -0.402 e. The van der Waals surface area contributed by atoms with Crippen LogP contribution in [-0.4, -0.2) is 51.8 Å². The van der Waals surface area contributed by atoms with Gasteiger partial charge in [0, 0.05) is 11.1 Å². The smallest absolute Gasteiger partial charge is 0.402 e. The average molecular weight is 664 g/mol. The SMILES string of the molecule is [C-]#[N+]CCN(CC[N+]#[C-])C(=O)Oc1c([N+]#[C-])c(CC2C(C=C(C)C)CC(C)CC2C(C)(C)C)c2nc(-c3cc(C(C)(C)C)ccc3C)[nH]n12. The number of fused-ring (bicyclic) bond motifs is 1. The summed E-state index contributed by atoms with van der Waals surface area (Å²) in [5.74, 6) is 2.30. The highest BCUT2D eigenvalue weighted by molar-refractivity contribution is 5.80. The highest BCUT2D eigenvalue weighted by Gasteiger charge is 2.42. The van der Waals surface area contributed by atoms with Crippen molar-refractivity contribution in [2.45, 2.75) is 93.9 Å². The quantitative estimate of drug-likeness (QED) is 0.183. The molecule has 49 heavy (non-hydrogen) atoms. The van der Waals surface area contributed by atoms with E-state index in [0.717, 1.165) is 29.5 Å². The van der Waals surface area contributed by atoms with Crippen molar-refractivity contribution in [1.29, 1.82) is 0 Å². The van der Waals surface area contributed by atoms with Crippen molar-refractivity contribution in [2.75, 3.05) is 26.2 Å². The first kappa shape index (κ1) is 37.3. The summed E-state index contributed by atoms with van der Waals surface area (Å²) in [6.07, 6.45) is 4.53. The Bertz CT molecular complexity index is 1810. The molecule has 0 spiro atoms. The second-order valence-electron chi connectivity index (χ2n) is 16.2. The zero-order valence-electron chi connectivity index (χ0n) is 31.1. The molecule has 1 aliphatic carbocycles. The first-order chi connectivity index (χ1) is 23.0. The fourth-order valence-corrected chi connectivity index (χ4v) is 7.46. The minimum absolute atomic E-state index is 0.0487. The summed E-state index contributed by atoms with van der Waals surface area (Å²) in [5.41, 5.74) is 6.07. The van der Waals surface area contributed by atoms with E-state index in [9.17, 15) is 4.79 Å². The molecule has 0 bridgehead atoms. The van der Waals surface area contributed by atoms with E-state index in [-0.39, 0.29) is 54.5 Å². The largest absolute Gasteiger partial charge is 0.415 e. The van der Waals surface area contributed by atoms with E-state index in [0.29, 0.717) is 35.6 Å². The van der Waals surface area contributed by atoms with E-state index in [4.69, 9.17) is 29.4 Å². The summed E-state index contributed by atoms with van der Waals surface area (Å²) < 4.78 is 7.74. The molecule has 260 valence electrons. The van der Waals surface area contributed by atoms with Crippen molar-refractivity contribution in [3.05, 3.63) is 80.8 Å². The van der Waals surface area contributed by atoms with Gasteiger partial charge in [-0.2, -0.15) is 0 Å². The molecule has 9 nitrogen and oxygen atoms in total. The highest BCUT2D eigenvalue weighted by Crippen LogP contribution is 2.51. The molecule has 1 fully saturated rings. The Morgan fingerprint density at radius 3 is 2.29 bits per heavy atom. The van der Waals surface area contributed by atoms with Crippen molar-refractivity contribution in [3.63, 3.8) is 0 Å². The number of benzene rings is 1. The molecule has 0 aliphatic heterocycles. The topological polar surface area (TPSA) is 75.7 Å². The van der Waals surface area contributed by atoms with Gasteiger partial charge in [0.05, 0.1) is 19.7 Å². The van der Waals surface area contributed by atoms with Crippen LogP contribution in [0.4, 0.5) is 10.5 Å². The highest BCUT2D eigenvalue weighted by atomic mass is 16.6. The number of ether oxygens (including phenoxy) is 1. The van der Waals surface area contributed by atoms with Crippen LogP contribution < -0.4 is 4.74 Å². The summed E-state index contributed by atoms with van der Waals surface area (Å²) in [4.78, 5) is 31.0. The molecule has 4 rings (SSSR count). The summed E-state index contributed by atoms with van der Waals surface area (Å²) in [6, 6.07) is 6.41. The Labute approximate surface area is 293 Å². The molecule has 9 heteroatoms. The van der Waals surface area contributed by atoms with Crippen molar-refractivity contribution < 1.29 is 9.53 Å². The molecule has 1 N–H and O–H groups in total. The van der Waals surface area contributed by atoms with Crippen LogP contribution in [0.25, 0.3) is 31.6 Å². The maximum Gasteiger partial charge on any atom is 0.415 e. The van der Waals surface area contributed by atoms with Crippen molar-refractivity contribution in [3.8, 4) is 17.3 Å². The number of nitrogens with zero attached hydrogens (tertiary/aromatic N) is 6. The number of hydrogen-bond acceptors (Lipinski definition) is 3. The zero-order valence-corrected chi connectivity index (χ0v) is 31.1. The summed E-state index contributed by atoms with van der Waals surface area (Å²) in [5, 5.41) is 3.41. The molecule has 1 aliphatic rings. The van der Waals surface area contributed by atoms with E-state index in [1.165, 1.54) is 16.0 Å². The van der Waals surface area contributed by atoms with Gasteiger partial charge in [-0.25, -0.2) is 32.3 Å². The predicted molar refractivity (Wildman–Crippen MR) is 197 cm³/mol.